The van der Waals surface area contributed by atoms with Crippen LogP contribution >= 0.6 is 11.9 Å². The van der Waals surface area contributed by atoms with E-state index in [1.165, 1.54) is 0 Å². The first-order valence-electron chi connectivity index (χ1n) is 2.49. The topological polar surface area (TPSA) is 3.24 Å². The van der Waals surface area contributed by atoms with Crippen molar-refractivity contribution in [2.24, 2.45) is 0 Å². The van der Waals surface area contributed by atoms with Crippen molar-refractivity contribution in [3.05, 3.63) is 0 Å². The Kier molecular flexibility index (Phi) is 14.1. The summed E-state index contributed by atoms with van der Waals surface area (Å²) in [7, 11) is 4.04. The second-order valence-electron chi connectivity index (χ2n) is 0.995. The van der Waals surface area contributed by atoms with Crippen molar-refractivity contribution in [2.75, 3.05) is 20.4 Å². The Morgan fingerprint density at radius 3 is 1.29 bits per heavy atom. The lowest BCUT2D eigenvalue weighted by Crippen LogP contribution is -1.95. The Bertz CT molecular complexity index is 22.0. The molecule has 0 aliphatic carbocycles. The predicted molar refractivity (Wildman–Crippen MR) is 38.6 cm³/mol. The van der Waals surface area contributed by atoms with Gasteiger partial charge in [-0.15, -0.1) is 0 Å². The molecule has 0 aromatic rings. The van der Waals surface area contributed by atoms with E-state index in [-0.39, 0.29) is 0 Å². The van der Waals surface area contributed by atoms with Crippen LogP contribution in [0.3, 0.4) is 0 Å². The van der Waals surface area contributed by atoms with Crippen molar-refractivity contribution in [3.63, 3.8) is 0 Å². The van der Waals surface area contributed by atoms with E-state index < -0.39 is 0 Å². The fourth-order valence-electron chi connectivity index (χ4n) is 0. The van der Waals surface area contributed by atoms with Gasteiger partial charge in [-0.2, -0.15) is 0 Å². The molecular formula is C5H15NS. The molecule has 0 radical (unpaired) electrons. The Hall–Kier alpha value is 0.310. The molecule has 0 aromatic carbocycles. The highest BCUT2D eigenvalue weighted by molar-refractivity contribution is 7.96. The van der Waals surface area contributed by atoms with E-state index in [0.717, 1.165) is 0 Å². The van der Waals surface area contributed by atoms with Gasteiger partial charge in [-0.3, -0.25) is 4.31 Å². The van der Waals surface area contributed by atoms with Crippen LogP contribution in [-0.2, 0) is 0 Å². The summed E-state index contributed by atoms with van der Waals surface area (Å²) in [5, 5.41) is 0. The van der Waals surface area contributed by atoms with Crippen LogP contribution in [0.15, 0.2) is 0 Å². The third kappa shape index (κ3) is 22.0. The van der Waals surface area contributed by atoms with Crippen LogP contribution in [0.1, 0.15) is 13.8 Å². The first-order valence-corrected chi connectivity index (χ1v) is 3.67. The van der Waals surface area contributed by atoms with Gasteiger partial charge in [0.05, 0.1) is 0 Å². The van der Waals surface area contributed by atoms with E-state index in [1.807, 2.05) is 38.5 Å². The van der Waals surface area contributed by atoms with E-state index in [0.29, 0.717) is 0 Å². The minimum atomic E-state index is 1.71. The fourth-order valence-corrected chi connectivity index (χ4v) is 0. The zero-order valence-electron chi connectivity index (χ0n) is 5.86. The van der Waals surface area contributed by atoms with Crippen LogP contribution in [0, 0.1) is 0 Å². The third-order valence-corrected chi connectivity index (χ3v) is 1.10. The van der Waals surface area contributed by atoms with Crippen molar-refractivity contribution in [1.82, 2.24) is 4.31 Å². The van der Waals surface area contributed by atoms with Gasteiger partial charge in [0, 0.05) is 0 Å². The average Bonchev–Trinajstić information content (AvgIpc) is 1.73. The van der Waals surface area contributed by atoms with Gasteiger partial charge in [0.2, 0.25) is 0 Å². The zero-order chi connectivity index (χ0) is 6.28. The highest BCUT2D eigenvalue weighted by atomic mass is 32.2. The Morgan fingerprint density at radius 1 is 1.14 bits per heavy atom. The van der Waals surface area contributed by atoms with Crippen molar-refractivity contribution in [1.29, 1.82) is 0 Å². The van der Waals surface area contributed by atoms with Crippen molar-refractivity contribution in [3.8, 4) is 0 Å². The van der Waals surface area contributed by atoms with Crippen LogP contribution in [0.5, 0.6) is 0 Å². The summed E-state index contributed by atoms with van der Waals surface area (Å²) in [5.41, 5.74) is 0. The fraction of sp³-hybridized carbons (Fsp3) is 1.00. The molecule has 0 saturated heterocycles. The van der Waals surface area contributed by atoms with Crippen LogP contribution in [-0.4, -0.2) is 24.7 Å². The normalized spacial score (nSPS) is 7.71. The molecule has 0 spiro atoms. The standard InChI is InChI=1S/C3H9NS.C2H6/c1-4(2)5-3;1-2/h1-3H3;1-2H3. The molecule has 0 N–H and O–H groups in total. The van der Waals surface area contributed by atoms with Crippen LogP contribution in [0.4, 0.5) is 0 Å². The maximum atomic E-state index is 2.04. The minimum absolute atomic E-state index is 1.71. The molecule has 46 valence electrons. The predicted octanol–water partition coefficient (Wildman–Crippen LogP) is 1.85. The molecule has 7 heavy (non-hydrogen) atoms. The highest BCUT2D eigenvalue weighted by Crippen LogP contribution is 1.91. The van der Waals surface area contributed by atoms with Gasteiger partial charge in [0.15, 0.2) is 0 Å². The maximum absolute atomic E-state index is 2.04. The first kappa shape index (κ1) is 10.3. The number of rotatable bonds is 1. The molecule has 0 atom stereocenters. The molecule has 0 aliphatic heterocycles. The smallest absolute Gasteiger partial charge is 0.00286 e. The third-order valence-electron chi connectivity index (χ3n) is 0.365. The van der Waals surface area contributed by atoms with Crippen LogP contribution in [0.25, 0.3) is 0 Å². The SMILES string of the molecule is CC.CSN(C)C. The minimum Gasteiger partial charge on any atom is -0.257 e. The molecule has 2 heteroatoms. The summed E-state index contributed by atoms with van der Waals surface area (Å²) in [6, 6.07) is 0. The summed E-state index contributed by atoms with van der Waals surface area (Å²) in [6.45, 7) is 4.00. The van der Waals surface area contributed by atoms with Crippen molar-refractivity contribution >= 4 is 11.9 Å². The molecule has 1 nitrogen and oxygen atoms in total. The van der Waals surface area contributed by atoms with Gasteiger partial charge in [0.1, 0.15) is 0 Å². The second kappa shape index (κ2) is 9.58. The van der Waals surface area contributed by atoms with Crippen LogP contribution < -0.4 is 0 Å². The zero-order valence-corrected chi connectivity index (χ0v) is 6.67. The van der Waals surface area contributed by atoms with Gasteiger partial charge in [-0.25, -0.2) is 0 Å². The van der Waals surface area contributed by atoms with E-state index in [4.69, 9.17) is 0 Å². The van der Waals surface area contributed by atoms with E-state index in [2.05, 4.69) is 0 Å². The molecule has 0 saturated carbocycles. The lowest BCUT2D eigenvalue weighted by Gasteiger charge is -1.98. The molecule has 0 fully saturated rings. The van der Waals surface area contributed by atoms with E-state index >= 15 is 0 Å². The first-order chi connectivity index (χ1) is 3.27. The Balaban J connectivity index is 0. The molecule has 0 heterocycles. The summed E-state index contributed by atoms with van der Waals surface area (Å²) in [6.07, 6.45) is 2.04. The molecule has 0 amide bonds. The van der Waals surface area contributed by atoms with E-state index in [9.17, 15) is 0 Å². The van der Waals surface area contributed by atoms with E-state index in [1.54, 1.807) is 11.9 Å². The quantitative estimate of drug-likeness (QED) is 0.487. The lowest BCUT2D eigenvalue weighted by molar-refractivity contribution is 0.706. The average molecular weight is 121 g/mol. The second-order valence-corrected chi connectivity index (χ2v) is 2.09. The van der Waals surface area contributed by atoms with Crippen LogP contribution in [0.2, 0.25) is 0 Å². The monoisotopic (exact) mass is 121 g/mol. The summed E-state index contributed by atoms with van der Waals surface area (Å²) in [5.74, 6) is 0. The van der Waals surface area contributed by atoms with Gasteiger partial charge in [-0.05, 0) is 20.4 Å². The van der Waals surface area contributed by atoms with Gasteiger partial charge in [0.25, 0.3) is 0 Å². The highest BCUT2D eigenvalue weighted by Gasteiger charge is 1.72. The number of hydrogen-bond acceptors (Lipinski definition) is 2. The van der Waals surface area contributed by atoms with Crippen molar-refractivity contribution < 1.29 is 0 Å². The molecular weight excluding hydrogens is 106 g/mol. The summed E-state index contributed by atoms with van der Waals surface area (Å²) in [4.78, 5) is 0. The Morgan fingerprint density at radius 2 is 1.29 bits per heavy atom. The summed E-state index contributed by atoms with van der Waals surface area (Å²) >= 11 is 1.71. The largest absolute Gasteiger partial charge is 0.257 e. The van der Waals surface area contributed by atoms with Gasteiger partial charge >= 0.3 is 0 Å². The van der Waals surface area contributed by atoms with Crippen molar-refractivity contribution in [2.45, 2.75) is 13.8 Å². The molecule has 0 bridgehead atoms. The van der Waals surface area contributed by atoms with Gasteiger partial charge < -0.3 is 0 Å². The maximum Gasteiger partial charge on any atom is -0.00286 e. The molecule has 0 unspecified atom stereocenters. The lowest BCUT2D eigenvalue weighted by atomic mass is 11.0. The van der Waals surface area contributed by atoms with Gasteiger partial charge in [-0.1, -0.05) is 25.8 Å². The molecule has 0 rings (SSSR count). The summed E-state index contributed by atoms with van der Waals surface area (Å²) < 4.78 is 2.04. The number of nitrogens with zero attached hydrogens (tertiary/aromatic N) is 1. The molecule has 0 aliphatic rings. The Labute approximate surface area is 51.2 Å². The number of hydrogen-bond donors (Lipinski definition) is 0. The molecule has 0 aromatic heterocycles.